The summed E-state index contributed by atoms with van der Waals surface area (Å²) in [6.45, 7) is 2.71. The fourth-order valence-corrected chi connectivity index (χ4v) is 5.47. The second kappa shape index (κ2) is 9.74. The highest BCUT2D eigenvalue weighted by molar-refractivity contribution is 6.05. The van der Waals surface area contributed by atoms with E-state index in [1.165, 1.54) is 4.90 Å². The number of imide groups is 1. The van der Waals surface area contributed by atoms with Crippen LogP contribution in [-0.2, 0) is 25.7 Å². The van der Waals surface area contributed by atoms with E-state index in [0.29, 0.717) is 37.5 Å². The number of piperidine rings is 2. The molecule has 0 saturated carbocycles. The van der Waals surface area contributed by atoms with E-state index < -0.39 is 11.9 Å². The first-order valence-electron chi connectivity index (χ1n) is 12.3. The third-order valence-corrected chi connectivity index (χ3v) is 7.36. The van der Waals surface area contributed by atoms with Crippen LogP contribution in [0.25, 0.3) is 0 Å². The molecule has 2 unspecified atom stereocenters. The Balaban J connectivity index is 1.22. The number of likely N-dealkylation sites (tertiary alicyclic amines) is 1. The minimum absolute atomic E-state index is 0.0260. The molecule has 182 valence electrons. The average Bonchev–Trinajstić information content (AvgIpc) is 3.18. The van der Waals surface area contributed by atoms with Crippen molar-refractivity contribution in [3.05, 3.63) is 29.3 Å². The number of rotatable bonds is 5. The Bertz CT molecular complexity index is 989. The van der Waals surface area contributed by atoms with Gasteiger partial charge in [0.25, 0.3) is 5.91 Å². The number of fused-ring (bicyclic) bond motifs is 1. The number of carbonyl (C=O) groups excluding carboxylic acids is 4. The minimum Gasteiger partial charge on any atom is -0.491 e. The first kappa shape index (κ1) is 22.8. The van der Waals surface area contributed by atoms with Crippen molar-refractivity contribution in [1.29, 1.82) is 0 Å². The molecule has 1 N–H and O–H groups in total. The van der Waals surface area contributed by atoms with Crippen molar-refractivity contribution in [2.75, 3.05) is 26.4 Å². The van der Waals surface area contributed by atoms with Crippen molar-refractivity contribution < 1.29 is 28.7 Å². The van der Waals surface area contributed by atoms with Gasteiger partial charge in [-0.05, 0) is 62.3 Å². The quantitative estimate of drug-likeness (QED) is 0.658. The monoisotopic (exact) mass is 469 g/mol. The van der Waals surface area contributed by atoms with Gasteiger partial charge in [-0.2, -0.15) is 0 Å². The summed E-state index contributed by atoms with van der Waals surface area (Å²) in [6.07, 6.45) is 5.36. The highest BCUT2D eigenvalue weighted by atomic mass is 16.5. The van der Waals surface area contributed by atoms with Crippen LogP contribution in [0.15, 0.2) is 18.2 Å². The summed E-state index contributed by atoms with van der Waals surface area (Å²) in [5.41, 5.74) is 1.37. The maximum absolute atomic E-state index is 13.1. The number of hydrogen-bond acceptors (Lipinski definition) is 6. The topological polar surface area (TPSA) is 105 Å². The van der Waals surface area contributed by atoms with E-state index in [1.54, 1.807) is 12.1 Å². The molecule has 1 aromatic carbocycles. The van der Waals surface area contributed by atoms with E-state index >= 15 is 0 Å². The SMILES string of the molecule is O=C1CCC(N2Cc3cc(OC[C@@H]4CCCCN4C(=O)C4CCCOC4)ccc3C2=O)C(=O)N1. The van der Waals surface area contributed by atoms with Gasteiger partial charge in [-0.25, -0.2) is 0 Å². The summed E-state index contributed by atoms with van der Waals surface area (Å²) in [4.78, 5) is 53.2. The lowest BCUT2D eigenvalue weighted by molar-refractivity contribution is -0.144. The number of carbonyl (C=O) groups is 4. The zero-order valence-electron chi connectivity index (χ0n) is 19.3. The number of hydrogen-bond donors (Lipinski definition) is 1. The van der Waals surface area contributed by atoms with Crippen LogP contribution in [0.4, 0.5) is 0 Å². The van der Waals surface area contributed by atoms with Crippen LogP contribution in [-0.4, -0.2) is 71.9 Å². The highest BCUT2D eigenvalue weighted by Crippen LogP contribution is 2.31. The van der Waals surface area contributed by atoms with Gasteiger partial charge in [0, 0.05) is 31.7 Å². The lowest BCUT2D eigenvalue weighted by Crippen LogP contribution is -2.52. The van der Waals surface area contributed by atoms with Gasteiger partial charge in [-0.3, -0.25) is 24.5 Å². The maximum Gasteiger partial charge on any atom is 0.255 e. The first-order chi connectivity index (χ1) is 16.5. The van der Waals surface area contributed by atoms with Gasteiger partial charge in [0.05, 0.1) is 18.6 Å². The van der Waals surface area contributed by atoms with Crippen LogP contribution >= 0.6 is 0 Å². The number of nitrogens with one attached hydrogen (secondary N) is 1. The molecule has 3 fully saturated rings. The minimum atomic E-state index is -0.632. The molecule has 4 aliphatic rings. The highest BCUT2D eigenvalue weighted by Gasteiger charge is 2.39. The van der Waals surface area contributed by atoms with E-state index in [-0.39, 0.29) is 36.1 Å². The van der Waals surface area contributed by atoms with Gasteiger partial charge in [0.15, 0.2) is 0 Å². The molecule has 5 rings (SSSR count). The van der Waals surface area contributed by atoms with Crippen molar-refractivity contribution >= 4 is 23.6 Å². The second-order valence-corrected chi connectivity index (χ2v) is 9.63. The lowest BCUT2D eigenvalue weighted by Gasteiger charge is -2.38. The Morgan fingerprint density at radius 3 is 2.79 bits per heavy atom. The molecule has 3 saturated heterocycles. The van der Waals surface area contributed by atoms with E-state index in [4.69, 9.17) is 9.47 Å². The van der Waals surface area contributed by atoms with Gasteiger partial charge < -0.3 is 19.3 Å². The van der Waals surface area contributed by atoms with E-state index in [2.05, 4.69) is 5.32 Å². The molecule has 0 spiro atoms. The Hall–Kier alpha value is -2.94. The van der Waals surface area contributed by atoms with Gasteiger partial charge >= 0.3 is 0 Å². The van der Waals surface area contributed by atoms with Gasteiger partial charge in [-0.1, -0.05) is 0 Å². The molecule has 0 aromatic heterocycles. The molecule has 4 heterocycles. The first-order valence-corrected chi connectivity index (χ1v) is 12.3. The average molecular weight is 470 g/mol. The zero-order chi connectivity index (χ0) is 23.7. The second-order valence-electron chi connectivity index (χ2n) is 9.63. The summed E-state index contributed by atoms with van der Waals surface area (Å²) < 4.78 is 11.6. The smallest absolute Gasteiger partial charge is 0.255 e. The van der Waals surface area contributed by atoms with Crippen molar-refractivity contribution in [3.63, 3.8) is 0 Å². The number of ether oxygens (including phenoxy) is 2. The molecular weight excluding hydrogens is 438 g/mol. The van der Waals surface area contributed by atoms with E-state index in [9.17, 15) is 19.2 Å². The predicted octanol–water partition coefficient (Wildman–Crippen LogP) is 1.63. The molecule has 0 aliphatic carbocycles. The van der Waals surface area contributed by atoms with Crippen LogP contribution in [0.2, 0.25) is 0 Å². The predicted molar refractivity (Wildman–Crippen MR) is 121 cm³/mol. The van der Waals surface area contributed by atoms with Crippen molar-refractivity contribution in [2.45, 2.75) is 63.6 Å². The van der Waals surface area contributed by atoms with Crippen molar-refractivity contribution in [1.82, 2.24) is 15.1 Å². The Labute approximate surface area is 198 Å². The van der Waals surface area contributed by atoms with Gasteiger partial charge in [0.2, 0.25) is 17.7 Å². The standard InChI is InChI=1S/C25H31N3O6/c29-22-9-8-21(23(30)26-22)28-13-17-12-19(6-7-20(17)25(28)32)34-15-18-5-1-2-10-27(18)24(31)16-4-3-11-33-14-16/h6-7,12,16,18,21H,1-5,8-11,13-15H2,(H,26,29,30)/t16?,18-,21?/m0/s1. The van der Waals surface area contributed by atoms with Crippen LogP contribution in [0.3, 0.4) is 0 Å². The van der Waals surface area contributed by atoms with Crippen LogP contribution in [0.1, 0.15) is 60.9 Å². The number of amides is 4. The Morgan fingerprint density at radius 2 is 2.00 bits per heavy atom. The maximum atomic E-state index is 13.1. The Morgan fingerprint density at radius 1 is 1.12 bits per heavy atom. The van der Waals surface area contributed by atoms with Crippen molar-refractivity contribution in [3.8, 4) is 5.75 Å². The summed E-state index contributed by atoms with van der Waals surface area (Å²) in [7, 11) is 0. The Kier molecular flexibility index (Phi) is 6.54. The fourth-order valence-electron chi connectivity index (χ4n) is 5.47. The third-order valence-electron chi connectivity index (χ3n) is 7.36. The van der Waals surface area contributed by atoms with Crippen LogP contribution < -0.4 is 10.1 Å². The molecular formula is C25H31N3O6. The molecule has 3 atom stereocenters. The van der Waals surface area contributed by atoms with Gasteiger partial charge in [-0.15, -0.1) is 0 Å². The van der Waals surface area contributed by atoms with E-state index in [0.717, 1.165) is 50.8 Å². The number of nitrogens with zero attached hydrogens (tertiary/aromatic N) is 2. The zero-order valence-corrected chi connectivity index (χ0v) is 19.3. The molecule has 4 amide bonds. The fraction of sp³-hybridized carbons (Fsp3) is 0.600. The number of benzene rings is 1. The van der Waals surface area contributed by atoms with Gasteiger partial charge in [0.1, 0.15) is 18.4 Å². The molecule has 1 aromatic rings. The normalized spacial score (nSPS) is 27.4. The molecule has 9 heteroatoms. The molecule has 9 nitrogen and oxygen atoms in total. The lowest BCUT2D eigenvalue weighted by atomic mass is 9.96. The van der Waals surface area contributed by atoms with E-state index in [1.807, 2.05) is 11.0 Å². The molecule has 0 radical (unpaired) electrons. The summed E-state index contributed by atoms with van der Waals surface area (Å²) in [5, 5.41) is 2.32. The molecule has 34 heavy (non-hydrogen) atoms. The summed E-state index contributed by atoms with van der Waals surface area (Å²) in [5.74, 6) is -0.150. The molecule has 0 bridgehead atoms. The summed E-state index contributed by atoms with van der Waals surface area (Å²) >= 11 is 0. The van der Waals surface area contributed by atoms with Crippen LogP contribution in [0.5, 0.6) is 5.75 Å². The molecule has 4 aliphatic heterocycles. The van der Waals surface area contributed by atoms with Crippen LogP contribution in [0, 0.1) is 5.92 Å². The largest absolute Gasteiger partial charge is 0.491 e. The third kappa shape index (κ3) is 4.53. The summed E-state index contributed by atoms with van der Waals surface area (Å²) in [6, 6.07) is 4.75. The van der Waals surface area contributed by atoms with Crippen molar-refractivity contribution in [2.24, 2.45) is 5.92 Å².